The van der Waals surface area contributed by atoms with Gasteiger partial charge in [0.1, 0.15) is 10.7 Å². The number of aliphatic hydroxyl groups excluding tert-OH is 1. The molecular formula is C19H23F2N2O3SY-. The van der Waals surface area contributed by atoms with Crippen LogP contribution in [-0.4, -0.2) is 31.5 Å². The van der Waals surface area contributed by atoms with Crippen molar-refractivity contribution < 1.29 is 55.0 Å². The number of aryl methyl sites for hydroxylation is 1. The number of hydrogen-bond donors (Lipinski definition) is 1. The summed E-state index contributed by atoms with van der Waals surface area (Å²) in [5.41, 5.74) is 0.974. The molecule has 1 radical (unpaired) electrons. The fraction of sp³-hybridized carbons (Fsp3) is 0.263. The molecule has 28 heavy (non-hydrogen) atoms. The Morgan fingerprint density at radius 2 is 1.68 bits per heavy atom. The molecule has 3 rings (SSSR count). The summed E-state index contributed by atoms with van der Waals surface area (Å²) in [6.45, 7) is 4.65. The van der Waals surface area contributed by atoms with Crippen LogP contribution in [0.3, 0.4) is 0 Å². The van der Waals surface area contributed by atoms with Crippen LogP contribution < -0.4 is 4.31 Å². The van der Waals surface area contributed by atoms with Crippen molar-refractivity contribution in [2.75, 3.05) is 10.8 Å². The number of aliphatic hydroxyl groups is 1. The number of hydrogen-bond acceptors (Lipinski definition) is 4. The Bertz CT molecular complexity index is 934. The van der Waals surface area contributed by atoms with Crippen molar-refractivity contribution >= 4 is 26.5 Å². The number of benzene rings is 1. The topological polar surface area (TPSA) is 70.5 Å². The van der Waals surface area contributed by atoms with E-state index < -0.39 is 28.8 Å². The summed E-state index contributed by atoms with van der Waals surface area (Å²) in [7, 11) is -4.38. The van der Waals surface area contributed by atoms with Crippen LogP contribution >= 0.6 is 0 Å². The average molecular weight is 486 g/mol. The van der Waals surface area contributed by atoms with E-state index in [0.717, 1.165) is 0 Å². The summed E-state index contributed by atoms with van der Waals surface area (Å²) < 4.78 is 52.3. The number of pyridine rings is 1. The SMILES string of the molecule is CC.Cc1ccccc1C1=C(O)c2cccnc2N(CC(F)F)S1(=O)=O.[CH3-].[Y]. The van der Waals surface area contributed by atoms with E-state index in [0.29, 0.717) is 9.87 Å². The third-order valence-electron chi connectivity index (χ3n) is 3.73. The molecule has 0 aliphatic carbocycles. The van der Waals surface area contributed by atoms with Crippen molar-refractivity contribution in [1.82, 2.24) is 4.98 Å². The van der Waals surface area contributed by atoms with E-state index in [1.165, 1.54) is 24.4 Å². The molecule has 0 bridgehead atoms. The monoisotopic (exact) mass is 486 g/mol. The maximum absolute atomic E-state index is 13.0. The van der Waals surface area contributed by atoms with Crippen LogP contribution in [0.5, 0.6) is 0 Å². The van der Waals surface area contributed by atoms with Gasteiger partial charge in [-0.25, -0.2) is 26.5 Å². The molecule has 151 valence electrons. The zero-order valence-electron chi connectivity index (χ0n) is 16.2. The first-order chi connectivity index (χ1) is 12.3. The van der Waals surface area contributed by atoms with Crippen LogP contribution in [-0.2, 0) is 42.7 Å². The van der Waals surface area contributed by atoms with Gasteiger partial charge in [-0.05, 0) is 24.6 Å². The molecule has 1 aromatic carbocycles. The Kier molecular flexibility index (Phi) is 10.4. The molecule has 1 aromatic heterocycles. The molecular weight excluding hydrogens is 463 g/mol. The minimum absolute atomic E-state index is 0. The molecule has 5 nitrogen and oxygen atoms in total. The summed E-state index contributed by atoms with van der Waals surface area (Å²) in [5, 5.41) is 10.5. The number of rotatable bonds is 3. The van der Waals surface area contributed by atoms with E-state index >= 15 is 0 Å². The van der Waals surface area contributed by atoms with Gasteiger partial charge in [0.15, 0.2) is 5.82 Å². The molecule has 1 N–H and O–H groups in total. The largest absolute Gasteiger partial charge is 0.506 e. The van der Waals surface area contributed by atoms with Gasteiger partial charge in [-0.2, -0.15) is 0 Å². The molecule has 1 aliphatic heterocycles. The number of aromatic nitrogens is 1. The Morgan fingerprint density at radius 3 is 2.25 bits per heavy atom. The molecule has 0 atom stereocenters. The fourth-order valence-electron chi connectivity index (χ4n) is 2.65. The minimum Gasteiger partial charge on any atom is -0.506 e. The second-order valence-electron chi connectivity index (χ2n) is 5.29. The zero-order chi connectivity index (χ0) is 19.5. The summed E-state index contributed by atoms with van der Waals surface area (Å²) in [5.74, 6) is -0.689. The van der Waals surface area contributed by atoms with Crippen molar-refractivity contribution in [2.24, 2.45) is 0 Å². The third kappa shape index (κ3) is 4.96. The van der Waals surface area contributed by atoms with Crippen molar-refractivity contribution in [1.29, 1.82) is 0 Å². The van der Waals surface area contributed by atoms with Gasteiger partial charge in [0.25, 0.3) is 16.4 Å². The van der Waals surface area contributed by atoms with Crippen molar-refractivity contribution in [3.8, 4) is 0 Å². The maximum Gasteiger partial charge on any atom is 0.270 e. The van der Waals surface area contributed by atoms with Gasteiger partial charge >= 0.3 is 0 Å². The van der Waals surface area contributed by atoms with E-state index in [2.05, 4.69) is 4.98 Å². The number of nitrogens with zero attached hydrogens (tertiary/aromatic N) is 2. The first-order valence-electron chi connectivity index (χ1n) is 8.09. The molecule has 0 fully saturated rings. The molecule has 0 saturated carbocycles. The third-order valence-corrected chi connectivity index (χ3v) is 5.57. The van der Waals surface area contributed by atoms with Gasteiger partial charge in [-0.1, -0.05) is 38.1 Å². The van der Waals surface area contributed by atoms with Crippen LogP contribution in [0.15, 0.2) is 42.6 Å². The Morgan fingerprint density at radius 1 is 1.11 bits per heavy atom. The smallest absolute Gasteiger partial charge is 0.270 e. The van der Waals surface area contributed by atoms with Gasteiger partial charge in [0.05, 0.1) is 12.1 Å². The summed E-state index contributed by atoms with van der Waals surface area (Å²) in [6.07, 6.45) is -1.59. The van der Waals surface area contributed by atoms with Gasteiger partial charge in [0.2, 0.25) is 0 Å². The molecule has 0 unspecified atom stereocenters. The maximum atomic E-state index is 13.0. The van der Waals surface area contributed by atoms with E-state index in [-0.39, 0.29) is 62.0 Å². The Hall–Kier alpha value is -1.38. The molecule has 2 heterocycles. The quantitative estimate of drug-likeness (QED) is 0.641. The van der Waals surface area contributed by atoms with E-state index in [1.807, 2.05) is 13.8 Å². The van der Waals surface area contributed by atoms with Crippen molar-refractivity contribution in [2.45, 2.75) is 27.2 Å². The molecule has 0 amide bonds. The van der Waals surface area contributed by atoms with Crippen LogP contribution in [0.4, 0.5) is 14.6 Å². The van der Waals surface area contributed by atoms with Crippen molar-refractivity contribution in [3.05, 3.63) is 66.7 Å². The number of sulfonamides is 1. The molecule has 0 saturated heterocycles. The summed E-state index contributed by atoms with van der Waals surface area (Å²) in [4.78, 5) is 3.48. The zero-order valence-corrected chi connectivity index (χ0v) is 19.9. The van der Waals surface area contributed by atoms with E-state index in [9.17, 15) is 22.3 Å². The average Bonchev–Trinajstić information content (AvgIpc) is 2.62. The Balaban J connectivity index is 0.00000177. The predicted octanol–water partition coefficient (Wildman–Crippen LogP) is 4.66. The normalized spacial score (nSPS) is 14.3. The second kappa shape index (κ2) is 11.0. The number of alkyl halides is 2. The molecule has 1 aliphatic rings. The second-order valence-corrected chi connectivity index (χ2v) is 7.09. The van der Waals surface area contributed by atoms with Crippen LogP contribution in [0, 0.1) is 14.4 Å². The first-order valence-corrected chi connectivity index (χ1v) is 9.53. The predicted molar refractivity (Wildman–Crippen MR) is 105 cm³/mol. The summed E-state index contributed by atoms with van der Waals surface area (Å²) in [6, 6.07) is 9.50. The Labute approximate surface area is 190 Å². The number of fused-ring (bicyclic) bond motifs is 1. The van der Waals surface area contributed by atoms with Gasteiger partial charge in [-0.3, -0.25) is 0 Å². The van der Waals surface area contributed by atoms with E-state index in [4.69, 9.17) is 0 Å². The van der Waals surface area contributed by atoms with Crippen LogP contribution in [0.25, 0.3) is 10.7 Å². The number of halogens is 2. The van der Waals surface area contributed by atoms with Crippen LogP contribution in [0.1, 0.15) is 30.5 Å². The van der Waals surface area contributed by atoms with Gasteiger partial charge in [-0.15, -0.1) is 0 Å². The van der Waals surface area contributed by atoms with E-state index in [1.54, 1.807) is 25.1 Å². The first kappa shape index (κ1) is 26.6. The van der Waals surface area contributed by atoms with Crippen LogP contribution in [0.2, 0.25) is 0 Å². The van der Waals surface area contributed by atoms with Gasteiger partial charge in [0, 0.05) is 44.5 Å². The standard InChI is InChI=1S/C16H14F2N2O3S.C2H6.CH3.Y/c1-10-5-2-3-6-11(10)15-14(21)12-7-4-8-19-16(12)20(9-13(17)18)24(15,22)23;1-2;;/h2-8,13,21H,9H2,1H3;1-2H3;1H3;/q;;-1;. The number of anilines is 1. The molecule has 2 aromatic rings. The molecule has 9 heteroatoms. The van der Waals surface area contributed by atoms with Crippen molar-refractivity contribution in [3.63, 3.8) is 0 Å². The fourth-order valence-corrected chi connectivity index (χ4v) is 4.42. The van der Waals surface area contributed by atoms with Gasteiger partial charge < -0.3 is 12.5 Å². The molecule has 0 spiro atoms. The summed E-state index contributed by atoms with van der Waals surface area (Å²) >= 11 is 0. The minimum atomic E-state index is -4.38.